The Bertz CT molecular complexity index is 886. The number of halogens is 3. The zero-order valence-corrected chi connectivity index (χ0v) is 13.8. The fourth-order valence-corrected chi connectivity index (χ4v) is 3.06. The largest absolute Gasteiger partial charge is 0.340 e. The minimum absolute atomic E-state index is 0.0145. The van der Waals surface area contributed by atoms with Crippen LogP contribution in [0.5, 0.6) is 0 Å². The van der Waals surface area contributed by atoms with Crippen molar-refractivity contribution < 1.29 is 9.18 Å². The molecule has 0 spiro atoms. The molecule has 2 N–H and O–H groups in total. The smallest absolute Gasteiger partial charge is 0.239 e. The number of fused-ring (bicyclic) bond motifs is 1. The number of hydrogen-bond donors (Lipinski definition) is 2. The van der Waals surface area contributed by atoms with E-state index in [1.165, 1.54) is 29.8 Å². The van der Waals surface area contributed by atoms with Crippen LogP contribution in [0.3, 0.4) is 0 Å². The van der Waals surface area contributed by atoms with Gasteiger partial charge in [-0.15, -0.1) is 11.6 Å². The number of carbonyl (C=O) groups excluding carboxylic acids is 1. The van der Waals surface area contributed by atoms with Crippen LogP contribution in [0.2, 0.25) is 5.02 Å². The normalized spacial score (nSPS) is 10.7. The number of benzene rings is 1. The van der Waals surface area contributed by atoms with Crippen molar-refractivity contribution in [3.63, 3.8) is 0 Å². The highest BCUT2D eigenvalue weighted by Gasteiger charge is 2.11. The van der Waals surface area contributed by atoms with E-state index in [-0.39, 0.29) is 16.8 Å². The minimum atomic E-state index is -0.494. The number of rotatable bonds is 4. The summed E-state index contributed by atoms with van der Waals surface area (Å²) >= 11 is 12.5. The molecular weight excluding hydrogens is 362 g/mol. The van der Waals surface area contributed by atoms with E-state index < -0.39 is 5.82 Å². The predicted octanol–water partition coefficient (Wildman–Crippen LogP) is 4.40. The van der Waals surface area contributed by atoms with Crippen molar-refractivity contribution in [1.29, 1.82) is 0 Å². The Morgan fingerprint density at radius 3 is 2.87 bits per heavy atom. The van der Waals surface area contributed by atoms with Gasteiger partial charge in [0.15, 0.2) is 0 Å². The highest BCUT2D eigenvalue weighted by Crippen LogP contribution is 2.33. The summed E-state index contributed by atoms with van der Waals surface area (Å²) in [6.45, 7) is 0. The Balaban J connectivity index is 1.94. The van der Waals surface area contributed by atoms with Gasteiger partial charge in [-0.05, 0) is 24.3 Å². The van der Waals surface area contributed by atoms with Gasteiger partial charge >= 0.3 is 0 Å². The highest BCUT2D eigenvalue weighted by molar-refractivity contribution is 7.22. The molecule has 0 atom stereocenters. The summed E-state index contributed by atoms with van der Waals surface area (Å²) in [5.74, 6) is -0.392. The Labute approximate surface area is 144 Å². The SMILES string of the molecule is O=C(CCl)Nc1cc2c(Nc3ccc(F)c(Cl)c3)ncnc2s1. The number of aromatic nitrogens is 2. The Morgan fingerprint density at radius 2 is 2.13 bits per heavy atom. The molecule has 0 aliphatic heterocycles. The highest BCUT2D eigenvalue weighted by atomic mass is 35.5. The third-order valence-corrected chi connectivity index (χ3v) is 4.39. The summed E-state index contributed by atoms with van der Waals surface area (Å²) in [5, 5.41) is 7.09. The number of alkyl halides is 1. The molecule has 0 saturated carbocycles. The number of hydrogen-bond acceptors (Lipinski definition) is 5. The molecular formula is C14H9Cl2FN4OS. The maximum atomic E-state index is 13.2. The summed E-state index contributed by atoms with van der Waals surface area (Å²) < 4.78 is 13.2. The quantitative estimate of drug-likeness (QED) is 0.667. The minimum Gasteiger partial charge on any atom is -0.340 e. The van der Waals surface area contributed by atoms with E-state index in [0.29, 0.717) is 21.3 Å². The zero-order valence-electron chi connectivity index (χ0n) is 11.4. The average molecular weight is 371 g/mol. The van der Waals surface area contributed by atoms with Gasteiger partial charge < -0.3 is 10.6 Å². The van der Waals surface area contributed by atoms with E-state index in [9.17, 15) is 9.18 Å². The Morgan fingerprint density at radius 1 is 1.30 bits per heavy atom. The number of amides is 1. The summed E-state index contributed by atoms with van der Waals surface area (Å²) in [6, 6.07) is 6.03. The third kappa shape index (κ3) is 3.52. The van der Waals surface area contributed by atoms with Gasteiger partial charge in [-0.3, -0.25) is 4.79 Å². The van der Waals surface area contributed by atoms with Crippen LogP contribution in [-0.2, 0) is 4.79 Å². The lowest BCUT2D eigenvalue weighted by Crippen LogP contribution is -2.11. The molecule has 0 radical (unpaired) electrons. The van der Waals surface area contributed by atoms with Crippen LogP contribution in [0.15, 0.2) is 30.6 Å². The maximum absolute atomic E-state index is 13.2. The molecule has 1 amide bonds. The van der Waals surface area contributed by atoms with Crippen LogP contribution in [-0.4, -0.2) is 21.8 Å². The van der Waals surface area contributed by atoms with E-state index in [0.717, 1.165) is 5.39 Å². The molecule has 2 heterocycles. The second-order valence-electron chi connectivity index (χ2n) is 4.49. The molecule has 0 saturated heterocycles. The van der Waals surface area contributed by atoms with Crippen molar-refractivity contribution in [1.82, 2.24) is 9.97 Å². The van der Waals surface area contributed by atoms with Gasteiger partial charge in [-0.25, -0.2) is 14.4 Å². The molecule has 23 heavy (non-hydrogen) atoms. The lowest BCUT2D eigenvalue weighted by Gasteiger charge is -2.06. The fourth-order valence-electron chi connectivity index (χ4n) is 1.90. The standard InChI is InChI=1S/C14H9Cl2FN4OS/c15-5-11(22)21-12-4-8-13(18-6-19-14(8)23-12)20-7-1-2-10(17)9(16)3-7/h1-4,6H,5H2,(H,21,22)(H,18,19,20). The van der Waals surface area contributed by atoms with Crippen LogP contribution >= 0.6 is 34.5 Å². The van der Waals surface area contributed by atoms with Crippen molar-refractivity contribution in [2.45, 2.75) is 0 Å². The van der Waals surface area contributed by atoms with Gasteiger partial charge in [0, 0.05) is 5.69 Å². The average Bonchev–Trinajstić information content (AvgIpc) is 2.94. The molecule has 5 nitrogen and oxygen atoms in total. The summed E-state index contributed by atoms with van der Waals surface area (Å²) in [6.07, 6.45) is 1.40. The fraction of sp³-hybridized carbons (Fsp3) is 0.0714. The molecule has 1 aromatic carbocycles. The van der Waals surface area contributed by atoms with Crippen molar-refractivity contribution >= 4 is 67.2 Å². The lowest BCUT2D eigenvalue weighted by atomic mass is 10.3. The first-order valence-corrected chi connectivity index (χ1v) is 8.12. The van der Waals surface area contributed by atoms with E-state index >= 15 is 0 Å². The first-order valence-electron chi connectivity index (χ1n) is 6.39. The van der Waals surface area contributed by atoms with Gasteiger partial charge in [0.25, 0.3) is 0 Å². The molecule has 3 rings (SSSR count). The van der Waals surface area contributed by atoms with E-state index in [2.05, 4.69) is 20.6 Å². The van der Waals surface area contributed by atoms with Crippen LogP contribution in [0.25, 0.3) is 10.2 Å². The van der Waals surface area contributed by atoms with Crippen molar-refractivity contribution in [2.24, 2.45) is 0 Å². The first-order chi connectivity index (χ1) is 11.1. The first kappa shape index (κ1) is 15.9. The number of nitrogens with zero attached hydrogens (tertiary/aromatic N) is 2. The topological polar surface area (TPSA) is 66.9 Å². The Kier molecular flexibility index (Phi) is 4.61. The Hall–Kier alpha value is -1.96. The van der Waals surface area contributed by atoms with Crippen LogP contribution < -0.4 is 10.6 Å². The second-order valence-corrected chi connectivity index (χ2v) is 6.19. The monoisotopic (exact) mass is 370 g/mol. The van der Waals surface area contributed by atoms with Crippen molar-refractivity contribution in [2.75, 3.05) is 16.5 Å². The third-order valence-electron chi connectivity index (χ3n) is 2.90. The molecule has 2 aromatic heterocycles. The van der Waals surface area contributed by atoms with E-state index in [1.54, 1.807) is 12.1 Å². The molecule has 118 valence electrons. The number of carbonyl (C=O) groups is 1. The van der Waals surface area contributed by atoms with Crippen LogP contribution in [0.4, 0.5) is 20.9 Å². The number of anilines is 3. The summed E-state index contributed by atoms with van der Waals surface area (Å²) in [5.41, 5.74) is 0.592. The van der Waals surface area contributed by atoms with Gasteiger partial charge in [0.2, 0.25) is 5.91 Å². The van der Waals surface area contributed by atoms with E-state index in [4.69, 9.17) is 23.2 Å². The van der Waals surface area contributed by atoms with Crippen molar-refractivity contribution in [3.8, 4) is 0 Å². The molecule has 0 fully saturated rings. The molecule has 0 unspecified atom stereocenters. The summed E-state index contributed by atoms with van der Waals surface area (Å²) in [7, 11) is 0. The molecule has 3 aromatic rings. The molecule has 0 aliphatic carbocycles. The zero-order chi connectivity index (χ0) is 16.4. The number of nitrogens with one attached hydrogen (secondary N) is 2. The second kappa shape index (κ2) is 6.66. The van der Waals surface area contributed by atoms with Gasteiger partial charge in [-0.2, -0.15) is 0 Å². The molecule has 0 aliphatic rings. The van der Waals surface area contributed by atoms with E-state index in [1.807, 2.05) is 0 Å². The van der Waals surface area contributed by atoms with Gasteiger partial charge in [-0.1, -0.05) is 22.9 Å². The summed E-state index contributed by atoms with van der Waals surface area (Å²) in [4.78, 5) is 20.4. The number of thiophene rings is 1. The molecule has 9 heteroatoms. The van der Waals surface area contributed by atoms with Gasteiger partial charge in [0.1, 0.15) is 28.7 Å². The predicted molar refractivity (Wildman–Crippen MR) is 91.5 cm³/mol. The lowest BCUT2D eigenvalue weighted by molar-refractivity contribution is -0.113. The van der Waals surface area contributed by atoms with Crippen LogP contribution in [0, 0.1) is 5.82 Å². The van der Waals surface area contributed by atoms with Crippen molar-refractivity contribution in [3.05, 3.63) is 41.4 Å². The molecule has 0 bridgehead atoms. The van der Waals surface area contributed by atoms with Crippen LogP contribution in [0.1, 0.15) is 0 Å². The van der Waals surface area contributed by atoms with Gasteiger partial charge in [0.05, 0.1) is 15.4 Å². The maximum Gasteiger partial charge on any atom is 0.239 e.